The summed E-state index contributed by atoms with van der Waals surface area (Å²) < 4.78 is 1.84. The molecule has 4 heteroatoms. The van der Waals surface area contributed by atoms with E-state index in [0.717, 1.165) is 18.7 Å². The molecule has 0 saturated carbocycles. The van der Waals surface area contributed by atoms with Crippen molar-refractivity contribution in [2.24, 2.45) is 7.05 Å². The van der Waals surface area contributed by atoms with E-state index in [0.29, 0.717) is 6.04 Å². The summed E-state index contributed by atoms with van der Waals surface area (Å²) in [7, 11) is 3.93. The Morgan fingerprint density at radius 2 is 2.38 bits per heavy atom. The van der Waals surface area contributed by atoms with Crippen LogP contribution in [0.25, 0.3) is 0 Å². The molecule has 13 heavy (non-hydrogen) atoms. The van der Waals surface area contributed by atoms with Crippen molar-refractivity contribution in [3.63, 3.8) is 0 Å². The Balaban J connectivity index is 2.24. The molecule has 1 unspecified atom stereocenters. The highest BCUT2D eigenvalue weighted by atomic mass is 15.3. The van der Waals surface area contributed by atoms with E-state index in [2.05, 4.69) is 22.3 Å². The maximum absolute atomic E-state index is 4.17. The number of nitrogens with one attached hydrogen (secondary N) is 1. The SMILES string of the molecule is CNC(C)CCCc1ncnn1C. The van der Waals surface area contributed by atoms with Gasteiger partial charge in [0, 0.05) is 19.5 Å². The van der Waals surface area contributed by atoms with E-state index < -0.39 is 0 Å². The highest BCUT2D eigenvalue weighted by Gasteiger charge is 2.02. The molecular weight excluding hydrogens is 164 g/mol. The quantitative estimate of drug-likeness (QED) is 0.730. The van der Waals surface area contributed by atoms with Gasteiger partial charge in [-0.3, -0.25) is 4.68 Å². The van der Waals surface area contributed by atoms with Crippen LogP contribution in [0.2, 0.25) is 0 Å². The second-order valence-corrected chi connectivity index (χ2v) is 3.38. The zero-order chi connectivity index (χ0) is 9.68. The summed E-state index contributed by atoms with van der Waals surface area (Å²) in [6, 6.07) is 0.591. The van der Waals surface area contributed by atoms with E-state index in [9.17, 15) is 0 Å². The van der Waals surface area contributed by atoms with Gasteiger partial charge in [0.2, 0.25) is 0 Å². The molecule has 0 aliphatic rings. The fraction of sp³-hybridized carbons (Fsp3) is 0.778. The van der Waals surface area contributed by atoms with Gasteiger partial charge in [0.15, 0.2) is 0 Å². The van der Waals surface area contributed by atoms with Crippen molar-refractivity contribution in [2.75, 3.05) is 7.05 Å². The summed E-state index contributed by atoms with van der Waals surface area (Å²) in [6.07, 6.45) is 4.97. The normalized spacial score (nSPS) is 13.2. The smallest absolute Gasteiger partial charge is 0.138 e. The van der Waals surface area contributed by atoms with Crippen LogP contribution in [0.15, 0.2) is 6.33 Å². The Labute approximate surface area is 79.4 Å². The van der Waals surface area contributed by atoms with Crippen LogP contribution in [0.4, 0.5) is 0 Å². The minimum atomic E-state index is 0.591. The molecule has 1 aromatic heterocycles. The lowest BCUT2D eigenvalue weighted by Gasteiger charge is -2.08. The summed E-state index contributed by atoms with van der Waals surface area (Å²) in [5, 5.41) is 7.24. The molecule has 0 radical (unpaired) electrons. The number of hydrogen-bond donors (Lipinski definition) is 1. The number of hydrogen-bond acceptors (Lipinski definition) is 3. The van der Waals surface area contributed by atoms with Crippen molar-refractivity contribution in [2.45, 2.75) is 32.2 Å². The zero-order valence-electron chi connectivity index (χ0n) is 8.62. The third-order valence-corrected chi connectivity index (χ3v) is 2.34. The minimum Gasteiger partial charge on any atom is -0.317 e. The second kappa shape index (κ2) is 4.97. The van der Waals surface area contributed by atoms with E-state index >= 15 is 0 Å². The third-order valence-electron chi connectivity index (χ3n) is 2.34. The van der Waals surface area contributed by atoms with E-state index in [-0.39, 0.29) is 0 Å². The van der Waals surface area contributed by atoms with E-state index in [4.69, 9.17) is 0 Å². The van der Waals surface area contributed by atoms with Crippen LogP contribution in [-0.2, 0) is 13.5 Å². The van der Waals surface area contributed by atoms with Crippen LogP contribution < -0.4 is 5.32 Å². The van der Waals surface area contributed by atoms with Gasteiger partial charge in [-0.15, -0.1) is 0 Å². The van der Waals surface area contributed by atoms with E-state index in [1.54, 1.807) is 6.33 Å². The van der Waals surface area contributed by atoms with Crippen LogP contribution >= 0.6 is 0 Å². The Morgan fingerprint density at radius 1 is 1.62 bits per heavy atom. The average molecular weight is 182 g/mol. The van der Waals surface area contributed by atoms with Crippen LogP contribution in [0.1, 0.15) is 25.6 Å². The van der Waals surface area contributed by atoms with Crippen molar-refractivity contribution in [1.82, 2.24) is 20.1 Å². The predicted octanol–water partition coefficient (Wildman–Crippen LogP) is 0.746. The van der Waals surface area contributed by atoms with Crippen LogP contribution in [0, 0.1) is 0 Å². The molecule has 0 fully saturated rings. The molecule has 1 N–H and O–H groups in total. The van der Waals surface area contributed by atoms with E-state index in [1.165, 1.54) is 6.42 Å². The van der Waals surface area contributed by atoms with Gasteiger partial charge in [-0.25, -0.2) is 4.98 Å². The minimum absolute atomic E-state index is 0.591. The summed E-state index contributed by atoms with van der Waals surface area (Å²) in [4.78, 5) is 4.17. The summed E-state index contributed by atoms with van der Waals surface area (Å²) in [5.41, 5.74) is 0. The Kier molecular flexibility index (Phi) is 3.89. The monoisotopic (exact) mass is 182 g/mol. The van der Waals surface area contributed by atoms with Gasteiger partial charge in [-0.2, -0.15) is 5.10 Å². The first-order valence-electron chi connectivity index (χ1n) is 4.74. The van der Waals surface area contributed by atoms with Gasteiger partial charge in [-0.05, 0) is 26.8 Å². The lowest BCUT2D eigenvalue weighted by atomic mass is 10.1. The van der Waals surface area contributed by atoms with Crippen LogP contribution in [0.3, 0.4) is 0 Å². The molecule has 1 atom stereocenters. The van der Waals surface area contributed by atoms with Gasteiger partial charge >= 0.3 is 0 Å². The number of nitrogens with zero attached hydrogens (tertiary/aromatic N) is 3. The fourth-order valence-corrected chi connectivity index (χ4v) is 1.26. The van der Waals surface area contributed by atoms with Gasteiger partial charge in [0.05, 0.1) is 0 Å². The molecule has 1 rings (SSSR count). The lowest BCUT2D eigenvalue weighted by molar-refractivity contribution is 0.531. The summed E-state index contributed by atoms with van der Waals surface area (Å²) >= 11 is 0. The van der Waals surface area contributed by atoms with Crippen molar-refractivity contribution < 1.29 is 0 Å². The molecule has 0 aliphatic carbocycles. The van der Waals surface area contributed by atoms with Gasteiger partial charge in [0.1, 0.15) is 12.2 Å². The fourth-order valence-electron chi connectivity index (χ4n) is 1.26. The van der Waals surface area contributed by atoms with Crippen molar-refractivity contribution in [1.29, 1.82) is 0 Å². The van der Waals surface area contributed by atoms with Crippen LogP contribution in [-0.4, -0.2) is 27.9 Å². The maximum atomic E-state index is 4.17. The highest BCUT2D eigenvalue weighted by molar-refractivity contribution is 4.83. The standard InChI is InChI=1S/C9H18N4/c1-8(10-2)5-4-6-9-11-7-12-13(9)3/h7-8,10H,4-6H2,1-3H3. The number of aryl methyl sites for hydroxylation is 2. The first kappa shape index (κ1) is 10.2. The highest BCUT2D eigenvalue weighted by Crippen LogP contribution is 2.02. The zero-order valence-corrected chi connectivity index (χ0v) is 8.62. The molecule has 1 aromatic rings. The Hall–Kier alpha value is -0.900. The van der Waals surface area contributed by atoms with Gasteiger partial charge in [0.25, 0.3) is 0 Å². The maximum Gasteiger partial charge on any atom is 0.138 e. The lowest BCUT2D eigenvalue weighted by Crippen LogP contribution is -2.21. The van der Waals surface area contributed by atoms with Crippen molar-refractivity contribution in [3.05, 3.63) is 12.2 Å². The summed E-state index contributed by atoms with van der Waals surface area (Å²) in [6.45, 7) is 2.19. The molecule has 1 heterocycles. The first-order valence-corrected chi connectivity index (χ1v) is 4.74. The molecule has 0 spiro atoms. The predicted molar refractivity (Wildman–Crippen MR) is 52.5 cm³/mol. The molecule has 0 bridgehead atoms. The molecule has 0 amide bonds. The average Bonchev–Trinajstić information content (AvgIpc) is 2.52. The number of rotatable bonds is 5. The van der Waals surface area contributed by atoms with E-state index in [1.807, 2.05) is 18.8 Å². The Bertz CT molecular complexity index is 244. The van der Waals surface area contributed by atoms with Gasteiger partial charge < -0.3 is 5.32 Å². The molecular formula is C9H18N4. The molecule has 4 nitrogen and oxygen atoms in total. The largest absolute Gasteiger partial charge is 0.317 e. The topological polar surface area (TPSA) is 42.7 Å². The molecule has 0 aliphatic heterocycles. The Morgan fingerprint density at radius 3 is 2.92 bits per heavy atom. The third kappa shape index (κ3) is 3.14. The van der Waals surface area contributed by atoms with Crippen LogP contribution in [0.5, 0.6) is 0 Å². The second-order valence-electron chi connectivity index (χ2n) is 3.38. The first-order chi connectivity index (χ1) is 6.24. The van der Waals surface area contributed by atoms with Crippen molar-refractivity contribution >= 4 is 0 Å². The number of aromatic nitrogens is 3. The van der Waals surface area contributed by atoms with Crippen molar-refractivity contribution in [3.8, 4) is 0 Å². The molecule has 0 aromatic carbocycles. The summed E-state index contributed by atoms with van der Waals surface area (Å²) in [5.74, 6) is 1.07. The van der Waals surface area contributed by atoms with Gasteiger partial charge in [-0.1, -0.05) is 0 Å². The molecule has 74 valence electrons. The molecule has 0 saturated heterocycles.